The van der Waals surface area contributed by atoms with Gasteiger partial charge in [-0.25, -0.2) is 0 Å². The molecule has 1 aliphatic rings. The van der Waals surface area contributed by atoms with E-state index < -0.39 is 0 Å². The lowest BCUT2D eigenvalue weighted by atomic mass is 9.83. The van der Waals surface area contributed by atoms with E-state index in [4.69, 9.17) is 0 Å². The molecule has 1 aliphatic carbocycles. The van der Waals surface area contributed by atoms with Gasteiger partial charge < -0.3 is 5.11 Å². The van der Waals surface area contributed by atoms with Crippen molar-refractivity contribution >= 4 is 5.57 Å². The van der Waals surface area contributed by atoms with E-state index in [2.05, 4.69) is 51.1 Å². The van der Waals surface area contributed by atoms with Gasteiger partial charge in [-0.1, -0.05) is 57.2 Å². The van der Waals surface area contributed by atoms with Gasteiger partial charge in [0.05, 0.1) is 6.10 Å². The molecule has 2 rings (SSSR count). The fraction of sp³-hybridized carbons (Fsp3) is 0.500. The molecule has 17 heavy (non-hydrogen) atoms. The summed E-state index contributed by atoms with van der Waals surface area (Å²) in [4.78, 5) is 0. The summed E-state index contributed by atoms with van der Waals surface area (Å²) >= 11 is 0. The van der Waals surface area contributed by atoms with Gasteiger partial charge in [-0.15, -0.1) is 0 Å². The summed E-state index contributed by atoms with van der Waals surface area (Å²) in [5.41, 5.74) is 2.55. The molecule has 0 aliphatic heterocycles. The maximum atomic E-state index is 10.4. The summed E-state index contributed by atoms with van der Waals surface area (Å²) in [6.45, 7) is 6.52. The van der Waals surface area contributed by atoms with Gasteiger partial charge >= 0.3 is 0 Å². The minimum Gasteiger partial charge on any atom is -0.392 e. The average Bonchev–Trinajstić information content (AvgIpc) is 2.45. The van der Waals surface area contributed by atoms with E-state index in [1.54, 1.807) is 0 Å². The summed E-state index contributed by atoms with van der Waals surface area (Å²) < 4.78 is 0. The Morgan fingerprint density at radius 3 is 2.35 bits per heavy atom. The molecule has 0 unspecified atom stereocenters. The van der Waals surface area contributed by atoms with Crippen molar-refractivity contribution in [1.82, 2.24) is 0 Å². The first kappa shape index (κ1) is 12.4. The molecule has 0 heterocycles. The summed E-state index contributed by atoms with van der Waals surface area (Å²) in [6, 6.07) is 10.4. The first-order valence-corrected chi connectivity index (χ1v) is 6.54. The highest BCUT2D eigenvalue weighted by Gasteiger charge is 2.30. The van der Waals surface area contributed by atoms with Crippen LogP contribution in [-0.2, 0) is 0 Å². The summed E-state index contributed by atoms with van der Waals surface area (Å²) in [7, 11) is 0. The highest BCUT2D eigenvalue weighted by Crippen LogP contribution is 2.36. The van der Waals surface area contributed by atoms with Crippen LogP contribution in [0.15, 0.2) is 36.4 Å². The van der Waals surface area contributed by atoms with Gasteiger partial charge in [0.25, 0.3) is 0 Å². The van der Waals surface area contributed by atoms with Gasteiger partial charge in [0.2, 0.25) is 0 Å². The zero-order valence-electron chi connectivity index (χ0n) is 10.9. The van der Waals surface area contributed by atoms with Gasteiger partial charge in [0.15, 0.2) is 0 Å². The molecule has 0 bridgehead atoms. The molecule has 0 saturated heterocycles. The van der Waals surface area contributed by atoms with E-state index in [1.165, 1.54) is 11.1 Å². The Morgan fingerprint density at radius 2 is 1.71 bits per heavy atom. The molecule has 1 aromatic carbocycles. The zero-order chi connectivity index (χ0) is 12.4. The predicted octanol–water partition coefficient (Wildman–Crippen LogP) is 3.74. The molecule has 0 spiro atoms. The lowest BCUT2D eigenvalue weighted by molar-refractivity contribution is 0.0647. The molecule has 0 saturated carbocycles. The van der Waals surface area contributed by atoms with Crippen LogP contribution in [0.1, 0.15) is 32.8 Å². The van der Waals surface area contributed by atoms with Crippen molar-refractivity contribution in [3.63, 3.8) is 0 Å². The maximum Gasteiger partial charge on any atom is 0.0634 e. The molecular weight excluding hydrogens is 208 g/mol. The number of allylic oxidation sites excluding steroid dienone is 1. The molecule has 0 fully saturated rings. The smallest absolute Gasteiger partial charge is 0.0634 e. The lowest BCUT2D eigenvalue weighted by Gasteiger charge is -2.27. The Kier molecular flexibility index (Phi) is 3.68. The third-order valence-corrected chi connectivity index (χ3v) is 4.26. The molecule has 0 radical (unpaired) electrons. The molecular formula is C16H22O. The second-order valence-corrected chi connectivity index (χ2v) is 5.38. The Morgan fingerprint density at radius 1 is 1.06 bits per heavy atom. The van der Waals surface area contributed by atoms with Crippen molar-refractivity contribution in [1.29, 1.82) is 0 Å². The van der Waals surface area contributed by atoms with Crippen LogP contribution in [0.3, 0.4) is 0 Å². The average molecular weight is 230 g/mol. The van der Waals surface area contributed by atoms with Crippen molar-refractivity contribution in [2.75, 3.05) is 0 Å². The van der Waals surface area contributed by atoms with Crippen LogP contribution >= 0.6 is 0 Å². The van der Waals surface area contributed by atoms with Crippen LogP contribution in [0, 0.1) is 17.8 Å². The van der Waals surface area contributed by atoms with Crippen LogP contribution in [0.4, 0.5) is 0 Å². The predicted molar refractivity (Wildman–Crippen MR) is 72.5 cm³/mol. The Labute approximate surface area is 104 Å². The van der Waals surface area contributed by atoms with Crippen molar-refractivity contribution < 1.29 is 5.11 Å². The second-order valence-electron chi connectivity index (χ2n) is 5.38. The number of rotatable bonds is 1. The number of hydrogen-bond acceptors (Lipinski definition) is 1. The first-order chi connectivity index (χ1) is 8.11. The van der Waals surface area contributed by atoms with Gasteiger partial charge in [-0.2, -0.15) is 0 Å². The van der Waals surface area contributed by atoms with E-state index >= 15 is 0 Å². The van der Waals surface area contributed by atoms with Crippen molar-refractivity contribution in [2.45, 2.75) is 33.3 Å². The van der Waals surface area contributed by atoms with E-state index in [0.29, 0.717) is 11.8 Å². The number of hydrogen-bond donors (Lipinski definition) is 1. The van der Waals surface area contributed by atoms with Crippen LogP contribution in [0.2, 0.25) is 0 Å². The number of aliphatic hydroxyl groups excluding tert-OH is 1. The topological polar surface area (TPSA) is 20.2 Å². The lowest BCUT2D eigenvalue weighted by Crippen LogP contribution is -2.28. The van der Waals surface area contributed by atoms with Crippen molar-refractivity contribution in [2.24, 2.45) is 17.8 Å². The van der Waals surface area contributed by atoms with Gasteiger partial charge in [-0.3, -0.25) is 0 Å². The van der Waals surface area contributed by atoms with Crippen molar-refractivity contribution in [3.8, 4) is 0 Å². The van der Waals surface area contributed by atoms with Crippen molar-refractivity contribution in [3.05, 3.63) is 42.0 Å². The van der Waals surface area contributed by atoms with E-state index in [-0.39, 0.29) is 12.0 Å². The highest BCUT2D eigenvalue weighted by atomic mass is 16.3. The molecule has 0 aromatic heterocycles. The third kappa shape index (κ3) is 2.44. The first-order valence-electron chi connectivity index (χ1n) is 6.54. The molecule has 1 nitrogen and oxygen atoms in total. The maximum absolute atomic E-state index is 10.4. The Hall–Kier alpha value is -1.08. The van der Waals surface area contributed by atoms with E-state index in [1.807, 2.05) is 6.07 Å². The largest absolute Gasteiger partial charge is 0.392 e. The van der Waals surface area contributed by atoms with Crippen LogP contribution in [0.25, 0.3) is 5.57 Å². The van der Waals surface area contributed by atoms with Gasteiger partial charge in [-0.05, 0) is 29.4 Å². The summed E-state index contributed by atoms with van der Waals surface area (Å²) in [5.74, 6) is 1.13. The molecule has 92 valence electrons. The fourth-order valence-corrected chi connectivity index (χ4v) is 2.70. The number of aliphatic hydroxyl groups is 1. The normalized spacial score (nSPS) is 34.0. The van der Waals surface area contributed by atoms with E-state index in [0.717, 1.165) is 6.42 Å². The third-order valence-electron chi connectivity index (χ3n) is 4.26. The van der Waals surface area contributed by atoms with Crippen LogP contribution < -0.4 is 0 Å². The zero-order valence-corrected chi connectivity index (χ0v) is 10.9. The monoisotopic (exact) mass is 230 g/mol. The minimum atomic E-state index is -0.237. The Balaban J connectivity index is 2.34. The molecule has 0 amide bonds. The summed E-state index contributed by atoms with van der Waals surface area (Å²) in [5, 5.41) is 10.4. The van der Waals surface area contributed by atoms with E-state index in [9.17, 15) is 5.11 Å². The second kappa shape index (κ2) is 5.05. The standard InChI is InChI=1S/C16H22O/c1-11-9-10-15(13(3)16(17)12(11)2)14-7-5-4-6-8-14/h4-8,10-13,16-17H,9H2,1-3H3/t11-,12-,13+,16-/m0/s1. The summed E-state index contributed by atoms with van der Waals surface area (Å²) in [6.07, 6.45) is 3.14. The fourth-order valence-electron chi connectivity index (χ4n) is 2.70. The SMILES string of the molecule is C[C@@H]1[C@H](O)[C@H](C)C(c2ccccc2)=CC[C@@H]1C. The molecule has 4 atom stereocenters. The van der Waals surface area contributed by atoms with Crippen LogP contribution in [-0.4, -0.2) is 11.2 Å². The molecule has 1 heteroatoms. The molecule has 1 aromatic rings. The van der Waals surface area contributed by atoms with Gasteiger partial charge in [0.1, 0.15) is 0 Å². The Bertz CT molecular complexity index is 393. The quantitative estimate of drug-likeness (QED) is 0.779. The van der Waals surface area contributed by atoms with Gasteiger partial charge in [0, 0.05) is 5.92 Å². The van der Waals surface area contributed by atoms with Crippen LogP contribution in [0.5, 0.6) is 0 Å². The minimum absolute atomic E-state index is 0.220. The molecule has 1 N–H and O–H groups in total. The number of benzene rings is 1. The highest BCUT2D eigenvalue weighted by molar-refractivity contribution is 5.68.